The first kappa shape index (κ1) is 32.3. The van der Waals surface area contributed by atoms with Crippen molar-refractivity contribution in [1.82, 2.24) is 10.2 Å². The third-order valence-corrected chi connectivity index (χ3v) is 8.42. The van der Waals surface area contributed by atoms with Crippen LogP contribution in [0.15, 0.2) is 71.6 Å². The highest BCUT2D eigenvalue weighted by Crippen LogP contribution is 2.32. The fraction of sp³-hybridized carbons (Fsp3) is 0.355. The summed E-state index contributed by atoms with van der Waals surface area (Å²) in [4.78, 5) is 28.4. The Morgan fingerprint density at radius 3 is 2.00 bits per heavy atom. The predicted molar refractivity (Wildman–Crippen MR) is 162 cm³/mol. The number of aryl methyl sites for hydroxylation is 1. The fourth-order valence-electron chi connectivity index (χ4n) is 4.26. The van der Waals surface area contributed by atoms with Gasteiger partial charge in [-0.05, 0) is 69.7 Å². The van der Waals surface area contributed by atoms with Crippen molar-refractivity contribution in [3.8, 4) is 17.2 Å². The van der Waals surface area contributed by atoms with Crippen molar-refractivity contribution >= 4 is 27.5 Å². The molecule has 3 aromatic carbocycles. The van der Waals surface area contributed by atoms with E-state index in [1.165, 1.54) is 37.3 Å². The van der Waals surface area contributed by atoms with Crippen molar-refractivity contribution in [1.29, 1.82) is 0 Å². The number of ether oxygens (including phenoxy) is 3. The summed E-state index contributed by atoms with van der Waals surface area (Å²) in [6.45, 7) is 6.69. The highest BCUT2D eigenvalue weighted by Gasteiger charge is 2.33. The van der Waals surface area contributed by atoms with Crippen LogP contribution in [0, 0.1) is 6.92 Å². The van der Waals surface area contributed by atoms with E-state index in [2.05, 4.69) is 5.32 Å². The van der Waals surface area contributed by atoms with Crippen LogP contribution in [0.5, 0.6) is 17.2 Å². The monoisotopic (exact) mass is 597 g/mol. The Morgan fingerprint density at radius 1 is 0.833 bits per heavy atom. The normalized spacial score (nSPS) is 11.9. The van der Waals surface area contributed by atoms with E-state index in [0.717, 1.165) is 15.4 Å². The van der Waals surface area contributed by atoms with Crippen LogP contribution in [-0.2, 0) is 26.2 Å². The van der Waals surface area contributed by atoms with Crippen LogP contribution in [0.1, 0.15) is 31.9 Å². The molecule has 1 N–H and O–H groups in total. The van der Waals surface area contributed by atoms with Gasteiger partial charge in [-0.2, -0.15) is 0 Å². The number of sulfonamides is 1. The first-order valence-corrected chi connectivity index (χ1v) is 14.9. The number of rotatable bonds is 13. The van der Waals surface area contributed by atoms with Gasteiger partial charge in [0.25, 0.3) is 10.0 Å². The minimum absolute atomic E-state index is 0.0770. The highest BCUT2D eigenvalue weighted by molar-refractivity contribution is 7.92. The van der Waals surface area contributed by atoms with Crippen LogP contribution in [0.25, 0.3) is 0 Å². The number of hydrogen-bond donors (Lipinski definition) is 1. The smallest absolute Gasteiger partial charge is 0.264 e. The Bertz CT molecular complexity index is 1470. The van der Waals surface area contributed by atoms with E-state index in [9.17, 15) is 18.0 Å². The zero-order chi connectivity index (χ0) is 31.0. The maximum Gasteiger partial charge on any atom is 0.264 e. The molecule has 0 radical (unpaired) electrons. The number of amides is 2. The third-order valence-electron chi connectivity index (χ3n) is 6.65. The summed E-state index contributed by atoms with van der Waals surface area (Å²) in [7, 11) is 0.159. The molecule has 0 aliphatic rings. The van der Waals surface area contributed by atoms with Crippen LogP contribution >= 0.6 is 0 Å². The summed E-state index contributed by atoms with van der Waals surface area (Å²) in [6, 6.07) is 17.2. The van der Waals surface area contributed by atoms with Crippen LogP contribution < -0.4 is 23.8 Å². The van der Waals surface area contributed by atoms with Gasteiger partial charge in [0.15, 0.2) is 11.5 Å². The van der Waals surface area contributed by atoms with Crippen molar-refractivity contribution in [2.24, 2.45) is 0 Å². The van der Waals surface area contributed by atoms with Gasteiger partial charge in [-0.15, -0.1) is 0 Å². The lowest BCUT2D eigenvalue weighted by Crippen LogP contribution is -2.52. The SMILES string of the molecule is COc1ccc(CN(C(=O)CN(c2ccc(C)cc2)S(=O)(=O)c2ccc(OC)c(OC)c2)[C@@H](C)C(=O)NC(C)C)cc1. The molecule has 0 spiro atoms. The zero-order valence-corrected chi connectivity index (χ0v) is 25.9. The Balaban J connectivity index is 2.06. The summed E-state index contributed by atoms with van der Waals surface area (Å²) in [6.07, 6.45) is 0. The van der Waals surface area contributed by atoms with E-state index in [0.29, 0.717) is 17.2 Å². The molecule has 0 aliphatic heterocycles. The maximum atomic E-state index is 14.1. The molecule has 226 valence electrons. The maximum absolute atomic E-state index is 14.1. The third kappa shape index (κ3) is 7.73. The molecule has 42 heavy (non-hydrogen) atoms. The van der Waals surface area contributed by atoms with Gasteiger partial charge >= 0.3 is 0 Å². The molecule has 3 rings (SSSR count). The second-order valence-corrected chi connectivity index (χ2v) is 11.9. The molecule has 2 amide bonds. The van der Waals surface area contributed by atoms with Gasteiger partial charge in [-0.25, -0.2) is 8.42 Å². The van der Waals surface area contributed by atoms with E-state index >= 15 is 0 Å². The topological polar surface area (TPSA) is 114 Å². The van der Waals surface area contributed by atoms with Gasteiger partial charge in [0.2, 0.25) is 11.8 Å². The molecule has 1 atom stereocenters. The molecule has 0 heterocycles. The van der Waals surface area contributed by atoms with Crippen LogP contribution in [0.4, 0.5) is 5.69 Å². The van der Waals surface area contributed by atoms with Crippen LogP contribution in [-0.4, -0.2) is 65.1 Å². The standard InChI is InChI=1S/C31H39N3O7S/c1-21(2)32-31(36)23(4)33(19-24-10-14-26(39-5)15-11-24)30(35)20-34(25-12-8-22(3)9-13-25)42(37,38)27-16-17-28(40-6)29(18-27)41-7/h8-18,21,23H,19-20H2,1-7H3,(H,32,36)/t23-/m0/s1. The van der Waals surface area contributed by atoms with Crippen LogP contribution in [0.2, 0.25) is 0 Å². The lowest BCUT2D eigenvalue weighted by Gasteiger charge is -2.32. The van der Waals surface area contributed by atoms with Gasteiger partial charge in [0.1, 0.15) is 18.3 Å². The lowest BCUT2D eigenvalue weighted by molar-refractivity contribution is -0.139. The molecule has 0 aliphatic carbocycles. The van der Waals surface area contributed by atoms with Gasteiger partial charge in [-0.1, -0.05) is 29.8 Å². The van der Waals surface area contributed by atoms with Gasteiger partial charge in [0, 0.05) is 18.7 Å². The first-order valence-electron chi connectivity index (χ1n) is 13.5. The summed E-state index contributed by atoms with van der Waals surface area (Å²) >= 11 is 0. The molecule has 0 saturated heterocycles. The highest BCUT2D eigenvalue weighted by atomic mass is 32.2. The summed E-state index contributed by atoms with van der Waals surface area (Å²) < 4.78 is 45.1. The van der Waals surface area contributed by atoms with Crippen molar-refractivity contribution in [3.63, 3.8) is 0 Å². The Labute approximate surface area is 248 Å². The lowest BCUT2D eigenvalue weighted by atomic mass is 10.1. The number of anilines is 1. The van der Waals surface area contributed by atoms with Crippen molar-refractivity contribution in [2.75, 3.05) is 32.2 Å². The van der Waals surface area contributed by atoms with Crippen LogP contribution in [0.3, 0.4) is 0 Å². The minimum Gasteiger partial charge on any atom is -0.497 e. The van der Waals surface area contributed by atoms with E-state index in [1.807, 2.05) is 20.8 Å². The fourth-order valence-corrected chi connectivity index (χ4v) is 5.69. The summed E-state index contributed by atoms with van der Waals surface area (Å²) in [5.41, 5.74) is 1.97. The first-order chi connectivity index (χ1) is 19.9. The number of nitrogens with one attached hydrogen (secondary N) is 1. The molecular formula is C31H39N3O7S. The number of carbonyl (C=O) groups excluding carboxylic acids is 2. The number of carbonyl (C=O) groups is 2. The second kappa shape index (κ2) is 14.1. The molecule has 3 aromatic rings. The van der Waals surface area contributed by atoms with Crippen molar-refractivity contribution in [2.45, 2.75) is 51.2 Å². The van der Waals surface area contributed by atoms with E-state index in [-0.39, 0.29) is 29.1 Å². The molecule has 0 aromatic heterocycles. The predicted octanol–water partition coefficient (Wildman–Crippen LogP) is 4.16. The number of benzene rings is 3. The average molecular weight is 598 g/mol. The van der Waals surface area contributed by atoms with Gasteiger partial charge in [0.05, 0.1) is 31.9 Å². The van der Waals surface area contributed by atoms with Crippen molar-refractivity contribution < 1.29 is 32.2 Å². The molecule has 10 nitrogen and oxygen atoms in total. The molecule has 0 unspecified atom stereocenters. The number of nitrogens with zero attached hydrogens (tertiary/aromatic N) is 2. The van der Waals surface area contributed by atoms with Gasteiger partial charge < -0.3 is 24.4 Å². The van der Waals surface area contributed by atoms with E-state index in [1.54, 1.807) is 62.6 Å². The molecular weight excluding hydrogens is 558 g/mol. The van der Waals surface area contributed by atoms with Gasteiger partial charge in [-0.3, -0.25) is 13.9 Å². The number of hydrogen-bond acceptors (Lipinski definition) is 7. The van der Waals surface area contributed by atoms with Crippen molar-refractivity contribution in [3.05, 3.63) is 77.9 Å². The quantitative estimate of drug-likeness (QED) is 0.315. The summed E-state index contributed by atoms with van der Waals surface area (Å²) in [5.74, 6) is 0.339. The minimum atomic E-state index is -4.27. The molecule has 0 saturated carbocycles. The van der Waals surface area contributed by atoms with E-state index in [4.69, 9.17) is 14.2 Å². The summed E-state index contributed by atoms with van der Waals surface area (Å²) in [5, 5.41) is 2.84. The second-order valence-electron chi connectivity index (χ2n) is 10.1. The Morgan fingerprint density at radius 2 is 1.45 bits per heavy atom. The molecule has 0 bridgehead atoms. The number of methoxy groups -OCH3 is 3. The zero-order valence-electron chi connectivity index (χ0n) is 25.1. The molecule has 11 heteroatoms. The largest absolute Gasteiger partial charge is 0.497 e. The average Bonchev–Trinajstić information content (AvgIpc) is 2.98. The van der Waals surface area contributed by atoms with E-state index < -0.39 is 28.5 Å². The molecule has 0 fully saturated rings. The Hall–Kier alpha value is -4.25. The Kier molecular flexibility index (Phi) is 10.8.